The SMILES string of the molecule is C[Si](C)(C)CCOCn1c2c(c3cccc(Br)c31)-c1[nH]c(=O)ncc1CCC2. The smallest absolute Gasteiger partial charge is 0.345 e. The van der Waals surface area contributed by atoms with Crippen LogP contribution in [0.5, 0.6) is 0 Å². The van der Waals surface area contributed by atoms with Gasteiger partial charge in [0, 0.05) is 42.0 Å². The van der Waals surface area contributed by atoms with Gasteiger partial charge in [0.2, 0.25) is 0 Å². The molecule has 1 aliphatic carbocycles. The number of hydrogen-bond acceptors (Lipinski definition) is 3. The molecule has 1 N–H and O–H groups in total. The fraction of sp³-hybridized carbons (Fsp3) is 0.429. The van der Waals surface area contributed by atoms with Crippen molar-refractivity contribution in [2.24, 2.45) is 0 Å². The van der Waals surface area contributed by atoms with Gasteiger partial charge in [-0.25, -0.2) is 9.78 Å². The molecule has 28 heavy (non-hydrogen) atoms. The molecular formula is C21H26BrN3O2Si. The second-order valence-corrected chi connectivity index (χ2v) is 15.2. The van der Waals surface area contributed by atoms with Gasteiger partial charge in [-0.15, -0.1) is 0 Å². The van der Waals surface area contributed by atoms with Crippen molar-refractivity contribution in [3.63, 3.8) is 0 Å². The average molecular weight is 460 g/mol. The molecule has 0 amide bonds. The van der Waals surface area contributed by atoms with Crippen LogP contribution in [0.1, 0.15) is 17.7 Å². The number of nitrogens with zero attached hydrogens (tertiary/aromatic N) is 2. The van der Waals surface area contributed by atoms with Gasteiger partial charge in [-0.05, 0) is 52.9 Å². The zero-order chi connectivity index (χ0) is 19.9. The number of aromatic nitrogens is 3. The van der Waals surface area contributed by atoms with Crippen LogP contribution in [0.25, 0.3) is 22.2 Å². The third-order valence-electron chi connectivity index (χ3n) is 5.36. The molecule has 3 aromatic rings. The molecule has 0 saturated carbocycles. The molecule has 0 atom stereocenters. The first kappa shape index (κ1) is 19.6. The van der Waals surface area contributed by atoms with E-state index in [-0.39, 0.29) is 5.69 Å². The number of para-hydroxylation sites is 1. The third-order valence-corrected chi connectivity index (χ3v) is 7.70. The van der Waals surface area contributed by atoms with Crippen LogP contribution in [-0.2, 0) is 24.3 Å². The van der Waals surface area contributed by atoms with Gasteiger partial charge >= 0.3 is 5.69 Å². The van der Waals surface area contributed by atoms with Crippen molar-refractivity contribution in [1.82, 2.24) is 14.5 Å². The summed E-state index contributed by atoms with van der Waals surface area (Å²) in [6, 6.07) is 7.39. The Labute approximate surface area is 174 Å². The minimum atomic E-state index is -1.12. The van der Waals surface area contributed by atoms with Gasteiger partial charge in [0.1, 0.15) is 6.73 Å². The number of fused-ring (bicyclic) bond motifs is 5. The summed E-state index contributed by atoms with van der Waals surface area (Å²) >= 11 is 3.73. The van der Waals surface area contributed by atoms with Gasteiger partial charge in [-0.3, -0.25) is 0 Å². The van der Waals surface area contributed by atoms with E-state index in [1.807, 2.05) is 6.07 Å². The van der Waals surface area contributed by atoms with Crippen molar-refractivity contribution in [2.75, 3.05) is 6.61 Å². The fourth-order valence-corrected chi connectivity index (χ4v) is 5.25. The lowest BCUT2D eigenvalue weighted by Crippen LogP contribution is -2.22. The van der Waals surface area contributed by atoms with Gasteiger partial charge in [-0.1, -0.05) is 31.8 Å². The number of H-pyrrole nitrogens is 1. The topological polar surface area (TPSA) is 59.9 Å². The van der Waals surface area contributed by atoms with E-state index < -0.39 is 8.07 Å². The number of aromatic amines is 1. The number of ether oxygens (including phenoxy) is 1. The quantitative estimate of drug-likeness (QED) is 0.433. The number of nitrogens with one attached hydrogen (secondary N) is 1. The van der Waals surface area contributed by atoms with E-state index in [1.165, 1.54) is 5.69 Å². The Hall–Kier alpha value is -1.70. The summed E-state index contributed by atoms with van der Waals surface area (Å²) in [5, 5.41) is 1.14. The van der Waals surface area contributed by atoms with Gasteiger partial charge in [0.15, 0.2) is 0 Å². The molecular weight excluding hydrogens is 434 g/mol. The minimum absolute atomic E-state index is 0.297. The Morgan fingerprint density at radius 1 is 1.29 bits per heavy atom. The summed E-state index contributed by atoms with van der Waals surface area (Å²) in [5.41, 5.74) is 5.21. The zero-order valence-electron chi connectivity index (χ0n) is 16.6. The number of aryl methyl sites for hydroxylation is 1. The molecule has 0 spiro atoms. The molecule has 1 aromatic carbocycles. The van der Waals surface area contributed by atoms with Crippen LogP contribution < -0.4 is 5.69 Å². The van der Waals surface area contributed by atoms with Crippen molar-refractivity contribution in [3.8, 4) is 11.3 Å². The summed E-state index contributed by atoms with van der Waals surface area (Å²) in [6.07, 6.45) is 4.62. The molecule has 7 heteroatoms. The van der Waals surface area contributed by atoms with Crippen molar-refractivity contribution in [1.29, 1.82) is 0 Å². The van der Waals surface area contributed by atoms with Gasteiger partial charge < -0.3 is 14.3 Å². The highest BCUT2D eigenvalue weighted by Gasteiger charge is 2.25. The van der Waals surface area contributed by atoms with Gasteiger partial charge in [0.05, 0.1) is 11.2 Å². The predicted molar refractivity (Wildman–Crippen MR) is 120 cm³/mol. The monoisotopic (exact) mass is 459 g/mol. The molecule has 0 radical (unpaired) electrons. The largest absolute Gasteiger partial charge is 0.361 e. The van der Waals surface area contributed by atoms with E-state index in [2.05, 4.69) is 62.2 Å². The number of benzene rings is 1. The van der Waals surface area contributed by atoms with Crippen LogP contribution in [0.3, 0.4) is 0 Å². The maximum absolute atomic E-state index is 12.0. The predicted octanol–water partition coefficient (Wildman–Crippen LogP) is 4.96. The first-order valence-electron chi connectivity index (χ1n) is 9.81. The van der Waals surface area contributed by atoms with Gasteiger partial charge in [0.25, 0.3) is 0 Å². The second-order valence-electron chi connectivity index (χ2n) is 8.68. The molecule has 5 nitrogen and oxygen atoms in total. The molecule has 0 unspecified atom stereocenters. The standard InChI is InChI=1S/C21H26BrN3O2Si/c1-28(2,3)11-10-27-13-25-17-9-4-6-14-12-23-21(26)24-19(14)18(17)15-7-5-8-16(22)20(15)25/h5,7-8,12H,4,6,9-11,13H2,1-3H3,(H,23,24,26). The molecule has 2 aromatic heterocycles. The zero-order valence-corrected chi connectivity index (χ0v) is 19.2. The minimum Gasteiger partial charge on any atom is -0.361 e. The molecule has 4 rings (SSSR count). The first-order chi connectivity index (χ1) is 13.3. The number of hydrogen-bond donors (Lipinski definition) is 1. The van der Waals surface area contributed by atoms with Crippen LogP contribution in [-0.4, -0.2) is 29.2 Å². The van der Waals surface area contributed by atoms with Crippen molar-refractivity contribution in [2.45, 2.75) is 51.7 Å². The van der Waals surface area contributed by atoms with Crippen LogP contribution in [0, 0.1) is 0 Å². The van der Waals surface area contributed by atoms with Crippen LogP contribution in [0.15, 0.2) is 33.7 Å². The molecule has 0 fully saturated rings. The molecule has 0 aliphatic heterocycles. The van der Waals surface area contributed by atoms with Gasteiger partial charge in [-0.2, -0.15) is 0 Å². The number of halogens is 1. The molecule has 0 bridgehead atoms. The summed E-state index contributed by atoms with van der Waals surface area (Å²) in [6.45, 7) is 8.41. The Kier molecular flexibility index (Phi) is 5.33. The van der Waals surface area contributed by atoms with E-state index in [1.54, 1.807) is 6.20 Å². The van der Waals surface area contributed by atoms with E-state index in [9.17, 15) is 4.79 Å². The van der Waals surface area contributed by atoms with E-state index in [4.69, 9.17) is 4.74 Å². The summed E-state index contributed by atoms with van der Waals surface area (Å²) in [7, 11) is -1.12. The highest BCUT2D eigenvalue weighted by atomic mass is 79.9. The Morgan fingerprint density at radius 3 is 2.89 bits per heavy atom. The van der Waals surface area contributed by atoms with Crippen LogP contribution in [0.2, 0.25) is 25.7 Å². The average Bonchev–Trinajstić information content (AvgIpc) is 2.81. The first-order valence-corrected chi connectivity index (χ1v) is 14.3. The summed E-state index contributed by atoms with van der Waals surface area (Å²) in [4.78, 5) is 18.9. The van der Waals surface area contributed by atoms with Crippen LogP contribution in [0.4, 0.5) is 0 Å². The lowest BCUT2D eigenvalue weighted by atomic mass is 10.0. The highest BCUT2D eigenvalue weighted by molar-refractivity contribution is 9.10. The fourth-order valence-electron chi connectivity index (χ4n) is 3.91. The van der Waals surface area contributed by atoms with E-state index >= 15 is 0 Å². The Morgan fingerprint density at radius 2 is 2.11 bits per heavy atom. The number of rotatable bonds is 5. The van der Waals surface area contributed by atoms with Crippen LogP contribution >= 0.6 is 15.9 Å². The third kappa shape index (κ3) is 3.75. The normalized spacial score (nSPS) is 14.0. The lowest BCUT2D eigenvalue weighted by Gasteiger charge is -2.17. The Balaban J connectivity index is 1.83. The maximum atomic E-state index is 12.0. The summed E-state index contributed by atoms with van der Waals surface area (Å²) < 4.78 is 9.46. The van der Waals surface area contributed by atoms with Crippen molar-refractivity contribution < 1.29 is 4.74 Å². The highest BCUT2D eigenvalue weighted by Crippen LogP contribution is 2.40. The van der Waals surface area contributed by atoms with E-state index in [0.717, 1.165) is 64.1 Å². The van der Waals surface area contributed by atoms with Crippen molar-refractivity contribution in [3.05, 3.63) is 50.6 Å². The molecule has 148 valence electrons. The molecule has 1 aliphatic rings. The van der Waals surface area contributed by atoms with Crippen molar-refractivity contribution >= 4 is 34.9 Å². The lowest BCUT2D eigenvalue weighted by molar-refractivity contribution is 0.0884. The second kappa shape index (κ2) is 7.61. The summed E-state index contributed by atoms with van der Waals surface area (Å²) in [5.74, 6) is 0. The molecule has 0 saturated heterocycles. The maximum Gasteiger partial charge on any atom is 0.345 e. The van der Waals surface area contributed by atoms with E-state index in [0.29, 0.717) is 6.73 Å². The Bertz CT molecular complexity index is 1080. The molecule has 2 heterocycles.